The van der Waals surface area contributed by atoms with E-state index in [0.29, 0.717) is 22.8 Å². The number of piperidine rings is 1. The molecular weight excluding hydrogens is 466 g/mol. The van der Waals surface area contributed by atoms with Crippen LogP contribution >= 0.6 is 23.2 Å². The Labute approximate surface area is 200 Å². The second kappa shape index (κ2) is 8.43. The molecule has 3 atom stereocenters. The first-order valence-corrected chi connectivity index (χ1v) is 11.3. The van der Waals surface area contributed by atoms with Gasteiger partial charge in [0.05, 0.1) is 21.2 Å². The zero-order valence-electron chi connectivity index (χ0n) is 17.8. The van der Waals surface area contributed by atoms with E-state index < -0.39 is 5.82 Å². The first-order chi connectivity index (χ1) is 15.9. The third kappa shape index (κ3) is 3.77. The second-order valence-electron chi connectivity index (χ2n) is 8.37. The summed E-state index contributed by atoms with van der Waals surface area (Å²) in [6, 6.07) is 7.29. The average Bonchev–Trinajstić information content (AvgIpc) is 3.44. The number of carbonyl (C=O) groups excluding carboxylic acids is 1. The van der Waals surface area contributed by atoms with Crippen LogP contribution in [0.1, 0.15) is 12.8 Å². The summed E-state index contributed by atoms with van der Waals surface area (Å²) >= 11 is 11.8. The molecule has 2 bridgehead atoms. The standard InChI is InChI=1S/C23H21Cl2FN6O/c1-3-19(33)32-10-12-8-13(32)9-17(12)31(2)18-7-6-16-22(30-18)23(28-11-27-16)29-15-5-4-14(24)20(25)21(15)26/h3-7,11-13,17H,1,8-10H2,2H3,(H,27,28,29). The van der Waals surface area contributed by atoms with Crippen molar-refractivity contribution in [3.8, 4) is 0 Å². The third-order valence-corrected chi connectivity index (χ3v) is 7.36. The van der Waals surface area contributed by atoms with Gasteiger partial charge < -0.3 is 15.1 Å². The summed E-state index contributed by atoms with van der Waals surface area (Å²) in [6.07, 6.45) is 4.64. The fourth-order valence-corrected chi connectivity index (χ4v) is 5.24. The summed E-state index contributed by atoms with van der Waals surface area (Å²) in [4.78, 5) is 29.5. The van der Waals surface area contributed by atoms with Crippen molar-refractivity contribution in [1.29, 1.82) is 0 Å². The number of anilines is 3. The smallest absolute Gasteiger partial charge is 0.246 e. The zero-order chi connectivity index (χ0) is 23.3. The van der Waals surface area contributed by atoms with Crippen LogP contribution < -0.4 is 10.2 Å². The molecule has 170 valence electrons. The van der Waals surface area contributed by atoms with E-state index in [1.165, 1.54) is 24.5 Å². The van der Waals surface area contributed by atoms with E-state index in [2.05, 4.69) is 26.8 Å². The lowest BCUT2D eigenvalue weighted by atomic mass is 10.0. The number of nitrogens with zero attached hydrogens (tertiary/aromatic N) is 5. The maximum Gasteiger partial charge on any atom is 0.246 e. The number of nitrogens with one attached hydrogen (secondary N) is 1. The van der Waals surface area contributed by atoms with Crippen LogP contribution in [0.4, 0.5) is 21.7 Å². The van der Waals surface area contributed by atoms with Gasteiger partial charge in [0.1, 0.15) is 17.7 Å². The molecule has 3 unspecified atom stereocenters. The van der Waals surface area contributed by atoms with Gasteiger partial charge >= 0.3 is 0 Å². The Hall–Kier alpha value is -2.97. The predicted molar refractivity (Wildman–Crippen MR) is 128 cm³/mol. The van der Waals surface area contributed by atoms with Crippen molar-refractivity contribution in [2.45, 2.75) is 24.9 Å². The van der Waals surface area contributed by atoms with Gasteiger partial charge in [-0.1, -0.05) is 29.8 Å². The first kappa shape index (κ1) is 21.9. The normalized spacial score (nSPS) is 21.5. The number of hydrogen-bond acceptors (Lipinski definition) is 6. The summed E-state index contributed by atoms with van der Waals surface area (Å²) in [5, 5.41) is 2.94. The van der Waals surface area contributed by atoms with Gasteiger partial charge in [-0.2, -0.15) is 0 Å². The molecule has 33 heavy (non-hydrogen) atoms. The van der Waals surface area contributed by atoms with Crippen molar-refractivity contribution in [3.05, 3.63) is 59.1 Å². The van der Waals surface area contributed by atoms with E-state index >= 15 is 0 Å². The first-order valence-electron chi connectivity index (χ1n) is 10.6. The van der Waals surface area contributed by atoms with Gasteiger partial charge in [0.25, 0.3) is 0 Å². The molecule has 2 aliphatic rings. The molecule has 1 amide bonds. The van der Waals surface area contributed by atoms with Crippen LogP contribution in [-0.4, -0.2) is 51.4 Å². The Morgan fingerprint density at radius 3 is 2.82 bits per heavy atom. The Kier molecular flexibility index (Phi) is 5.58. The van der Waals surface area contributed by atoms with Crippen LogP contribution in [0.3, 0.4) is 0 Å². The van der Waals surface area contributed by atoms with Crippen LogP contribution in [0.5, 0.6) is 0 Å². The highest BCUT2D eigenvalue weighted by Gasteiger charge is 2.47. The maximum atomic E-state index is 14.6. The minimum Gasteiger partial charge on any atom is -0.356 e. The van der Waals surface area contributed by atoms with Gasteiger partial charge in [-0.05, 0) is 49.1 Å². The Morgan fingerprint density at radius 1 is 1.27 bits per heavy atom. The molecule has 0 spiro atoms. The van der Waals surface area contributed by atoms with Crippen molar-refractivity contribution >= 4 is 57.5 Å². The molecule has 3 aromatic rings. The van der Waals surface area contributed by atoms with Crippen molar-refractivity contribution in [3.63, 3.8) is 0 Å². The Morgan fingerprint density at radius 2 is 2.09 bits per heavy atom. The van der Waals surface area contributed by atoms with Gasteiger partial charge in [0, 0.05) is 25.7 Å². The highest BCUT2D eigenvalue weighted by atomic mass is 35.5. The number of amides is 1. The topological polar surface area (TPSA) is 74.2 Å². The number of aromatic nitrogens is 3. The van der Waals surface area contributed by atoms with E-state index in [1.807, 2.05) is 24.1 Å². The molecule has 1 saturated heterocycles. The van der Waals surface area contributed by atoms with E-state index in [4.69, 9.17) is 28.2 Å². The molecule has 7 nitrogen and oxygen atoms in total. The lowest BCUT2D eigenvalue weighted by molar-refractivity contribution is -0.127. The van der Waals surface area contributed by atoms with Gasteiger partial charge in [-0.15, -0.1) is 0 Å². The van der Waals surface area contributed by atoms with Crippen molar-refractivity contribution < 1.29 is 9.18 Å². The van der Waals surface area contributed by atoms with E-state index in [9.17, 15) is 9.18 Å². The minimum atomic E-state index is -0.662. The fourth-order valence-electron chi connectivity index (χ4n) is 4.93. The van der Waals surface area contributed by atoms with Gasteiger partial charge in [-0.3, -0.25) is 4.79 Å². The monoisotopic (exact) mass is 486 g/mol. The SMILES string of the molecule is C=CC(=O)N1CC2CC1CC2N(C)c1ccc2ncnc(Nc3ccc(Cl)c(Cl)c3F)c2n1. The number of likely N-dealkylation sites (tertiary alicyclic amines) is 1. The third-order valence-electron chi connectivity index (χ3n) is 6.58. The summed E-state index contributed by atoms with van der Waals surface area (Å²) in [7, 11) is 2.01. The lowest BCUT2D eigenvalue weighted by Crippen LogP contribution is -2.46. The molecule has 1 N–H and O–H groups in total. The molecule has 1 aliphatic carbocycles. The minimum absolute atomic E-state index is 0.00478. The molecule has 10 heteroatoms. The number of fused-ring (bicyclic) bond motifs is 3. The lowest BCUT2D eigenvalue weighted by Gasteiger charge is -2.36. The Bertz CT molecular complexity index is 1270. The highest BCUT2D eigenvalue weighted by molar-refractivity contribution is 6.42. The molecule has 2 fully saturated rings. The fraction of sp³-hybridized carbons (Fsp3) is 0.304. The number of rotatable bonds is 5. The molecule has 3 heterocycles. The van der Waals surface area contributed by atoms with Gasteiger partial charge in [0.15, 0.2) is 11.6 Å². The second-order valence-corrected chi connectivity index (χ2v) is 9.15. The van der Waals surface area contributed by atoms with Crippen molar-refractivity contribution in [2.24, 2.45) is 5.92 Å². The van der Waals surface area contributed by atoms with E-state index in [0.717, 1.165) is 25.2 Å². The number of carbonyl (C=O) groups is 1. The van der Waals surface area contributed by atoms with Crippen molar-refractivity contribution in [1.82, 2.24) is 19.9 Å². The Balaban J connectivity index is 1.43. The largest absolute Gasteiger partial charge is 0.356 e. The van der Waals surface area contributed by atoms with Crippen molar-refractivity contribution in [2.75, 3.05) is 23.8 Å². The number of benzene rings is 1. The number of pyridine rings is 1. The number of halogens is 3. The summed E-state index contributed by atoms with van der Waals surface area (Å²) < 4.78 is 14.6. The molecule has 2 aromatic heterocycles. The molecule has 1 aliphatic heterocycles. The summed E-state index contributed by atoms with van der Waals surface area (Å²) in [5.41, 5.74) is 1.28. The molecule has 1 aromatic carbocycles. The highest BCUT2D eigenvalue weighted by Crippen LogP contribution is 2.41. The summed E-state index contributed by atoms with van der Waals surface area (Å²) in [6.45, 7) is 4.33. The molecular formula is C23H21Cl2FN6O. The van der Waals surface area contributed by atoms with Gasteiger partial charge in [-0.25, -0.2) is 19.3 Å². The molecule has 5 rings (SSSR count). The number of hydrogen-bond donors (Lipinski definition) is 1. The summed E-state index contributed by atoms with van der Waals surface area (Å²) in [5.74, 6) is 0.827. The van der Waals surface area contributed by atoms with Gasteiger partial charge in [0.2, 0.25) is 5.91 Å². The van der Waals surface area contributed by atoms with Crippen LogP contribution in [-0.2, 0) is 4.79 Å². The van der Waals surface area contributed by atoms with E-state index in [-0.39, 0.29) is 33.7 Å². The van der Waals surface area contributed by atoms with Crippen LogP contribution in [0.15, 0.2) is 43.2 Å². The van der Waals surface area contributed by atoms with E-state index in [1.54, 1.807) is 0 Å². The zero-order valence-corrected chi connectivity index (χ0v) is 19.3. The quantitative estimate of drug-likeness (QED) is 0.411. The molecule has 1 saturated carbocycles. The van der Waals surface area contributed by atoms with Crippen LogP contribution in [0.25, 0.3) is 11.0 Å². The maximum absolute atomic E-state index is 14.6. The average molecular weight is 487 g/mol. The predicted octanol–water partition coefficient (Wildman–Crippen LogP) is 4.83. The van der Waals surface area contributed by atoms with Crippen LogP contribution in [0.2, 0.25) is 10.0 Å². The molecule has 0 radical (unpaired) electrons. The van der Waals surface area contributed by atoms with Crippen LogP contribution in [0, 0.1) is 11.7 Å².